The summed E-state index contributed by atoms with van der Waals surface area (Å²) in [5, 5.41) is 16.8. The van der Waals surface area contributed by atoms with Crippen LogP contribution in [0.5, 0.6) is 0 Å². The van der Waals surface area contributed by atoms with E-state index in [-0.39, 0.29) is 0 Å². The number of benzene rings is 6. The summed E-state index contributed by atoms with van der Waals surface area (Å²) in [6, 6.07) is 45.6. The fourth-order valence-corrected chi connectivity index (χ4v) is 8.42. The molecule has 0 radical (unpaired) electrons. The lowest BCUT2D eigenvalue weighted by Gasteiger charge is -2.21. The van der Waals surface area contributed by atoms with Crippen molar-refractivity contribution in [1.29, 1.82) is 0 Å². The summed E-state index contributed by atoms with van der Waals surface area (Å²) in [4.78, 5) is 0. The van der Waals surface area contributed by atoms with Gasteiger partial charge >= 0.3 is 0 Å². The molecule has 0 unspecified atom stereocenters. The van der Waals surface area contributed by atoms with Crippen LogP contribution < -0.4 is 0 Å². The molecule has 46 heavy (non-hydrogen) atoms. The summed E-state index contributed by atoms with van der Waals surface area (Å²) in [5.74, 6) is 0. The molecule has 0 amide bonds. The number of aromatic nitrogens is 3. The first-order chi connectivity index (χ1) is 22.7. The van der Waals surface area contributed by atoms with E-state index in [1.54, 1.807) is 0 Å². The van der Waals surface area contributed by atoms with Gasteiger partial charge in [-0.2, -0.15) is 0 Å². The van der Waals surface area contributed by atoms with Gasteiger partial charge < -0.3 is 0 Å². The second-order valence-corrected chi connectivity index (χ2v) is 13.2. The van der Waals surface area contributed by atoms with Gasteiger partial charge in [-0.25, -0.2) is 0 Å². The van der Waals surface area contributed by atoms with Crippen LogP contribution in [0.2, 0.25) is 0 Å². The van der Waals surface area contributed by atoms with Crippen LogP contribution in [0.3, 0.4) is 0 Å². The maximum atomic E-state index is 5.00. The molecule has 8 aromatic rings. The van der Waals surface area contributed by atoms with Crippen molar-refractivity contribution >= 4 is 31.5 Å². The fraction of sp³-hybridized carbons (Fsp3) is 0.0714. The van der Waals surface area contributed by atoms with E-state index >= 15 is 0 Å². The molecule has 0 saturated carbocycles. The highest BCUT2D eigenvalue weighted by molar-refractivity contribution is 7.26. The molecule has 2 aromatic heterocycles. The van der Waals surface area contributed by atoms with Gasteiger partial charge in [-0.15, -0.1) is 21.5 Å². The fourth-order valence-electron chi connectivity index (χ4n) is 7.31. The van der Waals surface area contributed by atoms with Gasteiger partial charge in [0.15, 0.2) is 0 Å². The van der Waals surface area contributed by atoms with Crippen LogP contribution in [-0.4, -0.2) is 15.4 Å². The normalized spacial score (nSPS) is 12.0. The SMILES string of the molecule is Cc1cc2c(c(-c3nnnc(-c4ccccc4)c3-c3c(-c4ccccc4)ccc4sc5ccccc5c34)c1C)Cc1ccccc1-2. The lowest BCUT2D eigenvalue weighted by molar-refractivity contribution is 0.877. The molecule has 0 N–H and O–H groups in total. The summed E-state index contributed by atoms with van der Waals surface area (Å²) in [6.45, 7) is 4.45. The summed E-state index contributed by atoms with van der Waals surface area (Å²) in [6.07, 6.45) is 0.864. The Kier molecular flexibility index (Phi) is 6.19. The second-order valence-electron chi connectivity index (χ2n) is 12.1. The highest BCUT2D eigenvalue weighted by atomic mass is 32.1. The molecule has 0 spiro atoms. The molecule has 3 nitrogen and oxygen atoms in total. The average molecular weight is 608 g/mol. The molecule has 0 fully saturated rings. The molecule has 0 atom stereocenters. The van der Waals surface area contributed by atoms with E-state index in [1.807, 2.05) is 11.3 Å². The van der Waals surface area contributed by atoms with Gasteiger partial charge in [-0.1, -0.05) is 115 Å². The van der Waals surface area contributed by atoms with Gasteiger partial charge in [0.05, 0.1) is 0 Å². The zero-order valence-electron chi connectivity index (χ0n) is 25.6. The van der Waals surface area contributed by atoms with Crippen molar-refractivity contribution in [3.8, 4) is 55.9 Å². The van der Waals surface area contributed by atoms with Gasteiger partial charge in [0.25, 0.3) is 0 Å². The molecule has 2 heterocycles. The van der Waals surface area contributed by atoms with E-state index in [9.17, 15) is 0 Å². The lowest BCUT2D eigenvalue weighted by atomic mass is 9.83. The first-order valence-corrected chi connectivity index (χ1v) is 16.5. The van der Waals surface area contributed by atoms with Crippen LogP contribution in [0, 0.1) is 13.8 Å². The van der Waals surface area contributed by atoms with Crippen LogP contribution in [0.15, 0.2) is 127 Å². The maximum Gasteiger partial charge on any atom is 0.105 e. The van der Waals surface area contributed by atoms with Crippen LogP contribution in [0.25, 0.3) is 76.1 Å². The van der Waals surface area contributed by atoms with Crippen molar-refractivity contribution in [2.75, 3.05) is 0 Å². The number of nitrogens with zero attached hydrogens (tertiary/aromatic N) is 3. The van der Waals surface area contributed by atoms with Crippen LogP contribution >= 0.6 is 11.3 Å². The Morgan fingerprint density at radius 1 is 0.543 bits per heavy atom. The van der Waals surface area contributed by atoms with Gasteiger partial charge in [-0.05, 0) is 82.1 Å². The maximum absolute atomic E-state index is 5.00. The number of hydrogen-bond donors (Lipinski definition) is 0. The first kappa shape index (κ1) is 26.9. The van der Waals surface area contributed by atoms with Gasteiger partial charge in [0.2, 0.25) is 0 Å². The quantitative estimate of drug-likeness (QED) is 0.200. The minimum absolute atomic E-state index is 0.843. The molecule has 9 rings (SSSR count). The third-order valence-electron chi connectivity index (χ3n) is 9.55. The Labute approximate surface area is 271 Å². The van der Waals surface area contributed by atoms with Crippen molar-refractivity contribution in [2.45, 2.75) is 20.3 Å². The van der Waals surface area contributed by atoms with E-state index in [1.165, 1.54) is 59.1 Å². The van der Waals surface area contributed by atoms with E-state index in [4.69, 9.17) is 10.2 Å². The molecular weight excluding hydrogens is 579 g/mol. The molecule has 1 aliphatic carbocycles. The molecule has 0 saturated heterocycles. The van der Waals surface area contributed by atoms with Gasteiger partial charge in [0.1, 0.15) is 11.4 Å². The Hall–Kier alpha value is -5.45. The van der Waals surface area contributed by atoms with Crippen molar-refractivity contribution < 1.29 is 0 Å². The van der Waals surface area contributed by atoms with Gasteiger partial charge in [-0.3, -0.25) is 0 Å². The Balaban J connectivity index is 1.48. The second kappa shape index (κ2) is 10.6. The lowest BCUT2D eigenvalue weighted by Crippen LogP contribution is -2.05. The summed E-state index contributed by atoms with van der Waals surface area (Å²) >= 11 is 1.84. The molecule has 218 valence electrons. The monoisotopic (exact) mass is 607 g/mol. The number of rotatable bonds is 4. The van der Waals surface area contributed by atoms with Crippen molar-refractivity contribution in [1.82, 2.24) is 15.4 Å². The minimum Gasteiger partial charge on any atom is -0.135 e. The van der Waals surface area contributed by atoms with Crippen molar-refractivity contribution in [3.05, 3.63) is 150 Å². The van der Waals surface area contributed by atoms with E-state index < -0.39 is 0 Å². The topological polar surface area (TPSA) is 38.7 Å². The molecule has 4 heteroatoms. The predicted molar refractivity (Wildman–Crippen MR) is 192 cm³/mol. The molecule has 0 aliphatic heterocycles. The summed E-state index contributed by atoms with van der Waals surface area (Å²) in [7, 11) is 0. The summed E-state index contributed by atoms with van der Waals surface area (Å²) in [5.41, 5.74) is 16.2. The molecule has 1 aliphatic rings. The van der Waals surface area contributed by atoms with Crippen molar-refractivity contribution in [3.63, 3.8) is 0 Å². The van der Waals surface area contributed by atoms with Crippen LogP contribution in [0.1, 0.15) is 22.3 Å². The zero-order chi connectivity index (χ0) is 30.8. The standard InChI is InChI=1S/C42H29N3S/c1-25-23-33-30-18-10-9-17-29(30)24-34(33)37(26(25)2)42-40(41(43-45-44-42)28-15-7-4-8-16-28)39-31(27-13-5-3-6-14-27)21-22-36-38(39)32-19-11-12-20-35(32)46-36/h3-23H,24H2,1-2H3. The third-order valence-corrected chi connectivity index (χ3v) is 10.7. The number of aryl methyl sites for hydroxylation is 1. The van der Waals surface area contributed by atoms with E-state index in [2.05, 4.69) is 146 Å². The number of thiophene rings is 1. The Morgan fingerprint density at radius 3 is 2.07 bits per heavy atom. The van der Waals surface area contributed by atoms with Crippen molar-refractivity contribution in [2.24, 2.45) is 0 Å². The smallest absolute Gasteiger partial charge is 0.105 e. The third kappa shape index (κ3) is 4.07. The zero-order valence-corrected chi connectivity index (χ0v) is 26.4. The summed E-state index contributed by atoms with van der Waals surface area (Å²) < 4.78 is 2.51. The minimum atomic E-state index is 0.843. The Morgan fingerprint density at radius 2 is 1.24 bits per heavy atom. The van der Waals surface area contributed by atoms with Gasteiger partial charge in [0, 0.05) is 42.4 Å². The first-order valence-electron chi connectivity index (χ1n) is 15.7. The molecular formula is C42H29N3S. The number of fused-ring (bicyclic) bond motifs is 6. The predicted octanol–water partition coefficient (Wildman–Crippen LogP) is 11.1. The molecule has 0 bridgehead atoms. The van der Waals surface area contributed by atoms with E-state index in [0.29, 0.717) is 0 Å². The van der Waals surface area contributed by atoms with Crippen LogP contribution in [-0.2, 0) is 6.42 Å². The average Bonchev–Trinajstić information content (AvgIpc) is 3.67. The Bertz CT molecular complexity index is 2460. The highest BCUT2D eigenvalue weighted by Crippen LogP contribution is 2.52. The highest BCUT2D eigenvalue weighted by Gasteiger charge is 2.30. The molecule has 6 aromatic carbocycles. The number of hydrogen-bond acceptors (Lipinski definition) is 4. The van der Waals surface area contributed by atoms with E-state index in [0.717, 1.165) is 45.6 Å². The van der Waals surface area contributed by atoms with Crippen LogP contribution in [0.4, 0.5) is 0 Å². The largest absolute Gasteiger partial charge is 0.135 e.